The van der Waals surface area contributed by atoms with Gasteiger partial charge in [-0.1, -0.05) is 0 Å². The van der Waals surface area contributed by atoms with Gasteiger partial charge in [-0.05, 0) is 0 Å². The fourth-order valence-electron chi connectivity index (χ4n) is 0. The second-order valence-corrected chi connectivity index (χ2v) is 0. The Balaban J connectivity index is -0.00000000267. The third kappa shape index (κ3) is 42.5. The van der Waals surface area contributed by atoms with Crippen LogP contribution in [-0.2, 0) is 17.1 Å². The summed E-state index contributed by atoms with van der Waals surface area (Å²) in [6.07, 6.45) is 0. The van der Waals surface area contributed by atoms with E-state index >= 15 is 0 Å². The molecule has 0 rings (SSSR count). The van der Waals surface area contributed by atoms with Gasteiger partial charge in [0.25, 0.3) is 0 Å². The van der Waals surface area contributed by atoms with Crippen LogP contribution in [0, 0.1) is 0 Å². The van der Waals surface area contributed by atoms with Crippen molar-refractivity contribution in [2.45, 2.75) is 0 Å². The summed E-state index contributed by atoms with van der Waals surface area (Å²) in [4.78, 5) is 0. The van der Waals surface area contributed by atoms with Gasteiger partial charge in [0.1, 0.15) is 0 Å². The maximum Gasteiger partial charge on any atom is 2.00 e. The van der Waals surface area contributed by atoms with E-state index in [-0.39, 0.29) is 120 Å². The molecule has 0 aliphatic heterocycles. The van der Waals surface area contributed by atoms with Crippen LogP contribution in [0.15, 0.2) is 0 Å². The van der Waals surface area contributed by atoms with Crippen molar-refractivity contribution in [2.24, 2.45) is 0 Å². The monoisotopic (exact) mass is 197 g/mol. The smallest absolute Gasteiger partial charge is 1.00 e. The minimum absolute atomic E-state index is 0. The Labute approximate surface area is 137 Å². The van der Waals surface area contributed by atoms with E-state index in [1.165, 1.54) is 0 Å². The molecule has 4 nitrogen and oxygen atoms in total. The number of hydrogen-bond acceptors (Lipinski definition) is 4. The molecule has 0 aliphatic carbocycles. The van der Waals surface area contributed by atoms with E-state index in [4.69, 9.17) is 21.0 Å². The molecule has 0 aromatic carbocycles. The molecule has 0 spiro atoms. The third-order valence-corrected chi connectivity index (χ3v) is 0. The second kappa shape index (κ2) is 54.4. The van der Waals surface area contributed by atoms with E-state index in [9.17, 15) is 0 Å². The van der Waals surface area contributed by atoms with Crippen molar-refractivity contribution in [1.82, 2.24) is 0 Å². The molecular formula is K2MnO4. The van der Waals surface area contributed by atoms with Crippen LogP contribution >= 0.6 is 0 Å². The Bertz CT molecular complexity index is 9.65. The molecule has 0 amide bonds. The van der Waals surface area contributed by atoms with Gasteiger partial charge in [-0.3, -0.25) is 0 Å². The van der Waals surface area contributed by atoms with Crippen molar-refractivity contribution in [1.29, 1.82) is 0 Å². The topological polar surface area (TPSA) is 92.2 Å². The average Bonchev–Trinajstić information content (AvgIpc) is 1.50. The molecule has 0 atom stereocenters. The van der Waals surface area contributed by atoms with Gasteiger partial charge in [0.2, 0.25) is 0 Å². The van der Waals surface area contributed by atoms with Crippen molar-refractivity contribution in [3.8, 4) is 0 Å². The van der Waals surface area contributed by atoms with Crippen LogP contribution in [-0.4, -0.2) is 0 Å². The maximum absolute atomic E-state index is 7.00. The molecule has 1 radical (unpaired) electrons. The van der Waals surface area contributed by atoms with Crippen LogP contribution in [0.5, 0.6) is 0 Å². The zero-order chi connectivity index (χ0) is 4.00. The van der Waals surface area contributed by atoms with E-state index < -0.39 is 0 Å². The number of hydrogen-bond donors (Lipinski definition) is 0. The van der Waals surface area contributed by atoms with E-state index in [0.717, 1.165) is 0 Å². The average molecular weight is 197 g/mol. The Hall–Kier alpha value is 3.63. The Kier molecular flexibility index (Phi) is 242. The summed E-state index contributed by atoms with van der Waals surface area (Å²) in [5.74, 6) is 0. The minimum Gasteiger partial charge on any atom is -1.00 e. The van der Waals surface area contributed by atoms with Gasteiger partial charge in [-0.2, -0.15) is 0 Å². The zero-order valence-corrected chi connectivity index (χ0v) is 11.4. The molecule has 0 N–H and O–H groups in total. The van der Waals surface area contributed by atoms with E-state index in [0.29, 0.717) is 0 Å². The molecule has 0 unspecified atom stereocenters. The molecule has 0 fully saturated rings. The molecule has 0 aromatic heterocycles. The first-order valence-electron chi connectivity index (χ1n) is 0.333. The van der Waals surface area contributed by atoms with E-state index in [1.54, 1.807) is 0 Å². The predicted octanol–water partition coefficient (Wildman–Crippen LogP) is -10.8. The Morgan fingerprint density at radius 3 is 0.571 bits per heavy atom. The molecule has 0 bridgehead atoms. The fraction of sp³-hybridized carbons (Fsp3) is 0. The molecule has 7 heavy (non-hydrogen) atoms. The Morgan fingerprint density at radius 2 is 0.571 bits per heavy atom. The van der Waals surface area contributed by atoms with Gasteiger partial charge in [0.05, 0.1) is 0 Å². The molecule has 0 saturated carbocycles. The van der Waals surface area contributed by atoms with Gasteiger partial charge in [0.15, 0.2) is 0 Å². The second-order valence-electron chi connectivity index (χ2n) is 0. The summed E-state index contributed by atoms with van der Waals surface area (Å²) in [6.45, 7) is 0. The SMILES string of the molecule is [K+].[K+].[Mn+2].[O-][O-].[O-][O-]. The van der Waals surface area contributed by atoms with Crippen LogP contribution in [0.25, 0.3) is 0 Å². The Morgan fingerprint density at radius 1 is 0.571 bits per heavy atom. The molecule has 0 heterocycles. The first-order valence-corrected chi connectivity index (χ1v) is 0.333. The van der Waals surface area contributed by atoms with Crippen molar-refractivity contribution < 1.29 is 141 Å². The fourth-order valence-corrected chi connectivity index (χ4v) is 0. The molecule has 0 saturated heterocycles. The largest absolute Gasteiger partial charge is 2.00 e. The van der Waals surface area contributed by atoms with Gasteiger partial charge >= 0.3 is 120 Å². The van der Waals surface area contributed by atoms with E-state index in [2.05, 4.69) is 0 Å². The first-order chi connectivity index (χ1) is 2.00. The van der Waals surface area contributed by atoms with Gasteiger partial charge in [0, 0.05) is 0 Å². The van der Waals surface area contributed by atoms with Crippen molar-refractivity contribution >= 4 is 0 Å². The summed E-state index contributed by atoms with van der Waals surface area (Å²) in [7, 11) is 0. The van der Waals surface area contributed by atoms with Crippen LogP contribution in [0.4, 0.5) is 0 Å². The summed E-state index contributed by atoms with van der Waals surface area (Å²) < 4.78 is 0. The van der Waals surface area contributed by atoms with Crippen molar-refractivity contribution in [3.63, 3.8) is 0 Å². The summed E-state index contributed by atoms with van der Waals surface area (Å²) in [5, 5.41) is 28.0. The van der Waals surface area contributed by atoms with Crippen LogP contribution in [0.2, 0.25) is 0 Å². The predicted molar refractivity (Wildman–Crippen MR) is 0 cm³/mol. The van der Waals surface area contributed by atoms with Crippen molar-refractivity contribution in [2.75, 3.05) is 0 Å². The van der Waals surface area contributed by atoms with Gasteiger partial charge < -0.3 is 21.0 Å². The molecular weight excluding hydrogens is 197 g/mol. The molecule has 0 aliphatic rings. The van der Waals surface area contributed by atoms with Crippen LogP contribution < -0.4 is 124 Å². The summed E-state index contributed by atoms with van der Waals surface area (Å²) in [6, 6.07) is 0. The molecule has 7 heteroatoms. The number of rotatable bonds is 0. The zero-order valence-electron chi connectivity index (χ0n) is 4.01. The van der Waals surface area contributed by atoms with Gasteiger partial charge in [-0.15, -0.1) is 0 Å². The quantitative estimate of drug-likeness (QED) is 0.219. The molecule has 33 valence electrons. The first kappa shape index (κ1) is 31.1. The third-order valence-electron chi connectivity index (χ3n) is 0. The molecule has 0 aromatic rings. The van der Waals surface area contributed by atoms with E-state index in [1.807, 2.05) is 0 Å². The summed E-state index contributed by atoms with van der Waals surface area (Å²) in [5.41, 5.74) is 0. The summed E-state index contributed by atoms with van der Waals surface area (Å²) >= 11 is 0. The van der Waals surface area contributed by atoms with Gasteiger partial charge in [-0.25, -0.2) is 0 Å². The van der Waals surface area contributed by atoms with Crippen molar-refractivity contribution in [3.05, 3.63) is 0 Å². The maximum atomic E-state index is 7.00. The minimum atomic E-state index is 0. The van der Waals surface area contributed by atoms with Crippen LogP contribution in [0.3, 0.4) is 0 Å². The normalized spacial score (nSPS) is 1.71. The van der Waals surface area contributed by atoms with Crippen LogP contribution in [0.1, 0.15) is 0 Å². The standard InChI is InChI=1S/2K.Mn.2O2/c;;;2*1-2/q2*+1;+2;2*-2.